The molecule has 0 spiro atoms. The third kappa shape index (κ3) is 4.21. The van der Waals surface area contributed by atoms with Gasteiger partial charge in [0, 0.05) is 6.07 Å². The number of rotatable bonds is 1. The molecule has 2 radical (unpaired) electrons. The van der Waals surface area contributed by atoms with Gasteiger partial charge >= 0.3 is 5.69 Å². The van der Waals surface area contributed by atoms with Gasteiger partial charge in [-0.1, -0.05) is 30.3 Å². The number of benzene rings is 2. The zero-order valence-corrected chi connectivity index (χ0v) is 8.78. The molecule has 5 nitrogen and oxygen atoms in total. The van der Waals surface area contributed by atoms with Crippen molar-refractivity contribution in [1.29, 1.82) is 0 Å². The van der Waals surface area contributed by atoms with Crippen molar-refractivity contribution < 1.29 is 15.1 Å². The van der Waals surface area contributed by atoms with Gasteiger partial charge in [0.25, 0.3) is 5.75 Å². The maximum Gasteiger partial charge on any atom is 0.316 e. The van der Waals surface area contributed by atoms with Crippen molar-refractivity contribution in [3.05, 3.63) is 64.7 Å². The Morgan fingerprint density at radius 1 is 0.824 bits per heavy atom. The SMILES string of the molecule is [O]c1ccccc1.[O]c1ccccc1[N+](=O)[O-]. The fourth-order valence-electron chi connectivity index (χ4n) is 1.03. The molecule has 0 bridgehead atoms. The number of nitro benzene ring substituents is 1. The van der Waals surface area contributed by atoms with Crippen molar-refractivity contribution in [2.75, 3.05) is 0 Å². The van der Waals surface area contributed by atoms with Crippen molar-refractivity contribution in [2.24, 2.45) is 0 Å². The number of nitrogens with zero attached hydrogens (tertiary/aromatic N) is 1. The summed E-state index contributed by atoms with van der Waals surface area (Å²) < 4.78 is 0. The molecule has 0 aliphatic carbocycles. The first-order chi connectivity index (χ1) is 8.11. The van der Waals surface area contributed by atoms with Crippen LogP contribution < -0.4 is 0 Å². The molecule has 0 heterocycles. The predicted molar refractivity (Wildman–Crippen MR) is 59.8 cm³/mol. The second-order valence-electron chi connectivity index (χ2n) is 3.04. The summed E-state index contributed by atoms with van der Waals surface area (Å²) in [6.45, 7) is 0. The molecule has 2 aromatic carbocycles. The van der Waals surface area contributed by atoms with Crippen LogP contribution >= 0.6 is 0 Å². The highest BCUT2D eigenvalue weighted by atomic mass is 16.6. The van der Waals surface area contributed by atoms with Gasteiger partial charge in [-0.3, -0.25) is 20.3 Å². The summed E-state index contributed by atoms with van der Waals surface area (Å²) in [4.78, 5) is 9.34. The van der Waals surface area contributed by atoms with E-state index in [1.165, 1.54) is 30.3 Å². The Labute approximate surface area is 97.7 Å². The minimum atomic E-state index is -0.692. The number of para-hydroxylation sites is 3. The summed E-state index contributed by atoms with van der Waals surface area (Å²) >= 11 is 0. The second-order valence-corrected chi connectivity index (χ2v) is 3.04. The summed E-state index contributed by atoms with van der Waals surface area (Å²) in [7, 11) is 0. The molecule has 0 saturated carbocycles. The van der Waals surface area contributed by atoms with Gasteiger partial charge in [-0.2, -0.15) is 0 Å². The normalized spacial score (nSPS) is 8.94. The quantitative estimate of drug-likeness (QED) is 0.555. The molecule has 0 fully saturated rings. The third-order valence-corrected chi connectivity index (χ3v) is 1.81. The molecule has 0 amide bonds. The summed E-state index contributed by atoms with van der Waals surface area (Å²) in [6.07, 6.45) is 0. The van der Waals surface area contributed by atoms with Crippen molar-refractivity contribution in [3.8, 4) is 11.5 Å². The Balaban J connectivity index is 0.000000181. The maximum atomic E-state index is 10.6. The van der Waals surface area contributed by atoms with Crippen LogP contribution in [0.15, 0.2) is 54.6 Å². The lowest BCUT2D eigenvalue weighted by Gasteiger charge is -1.88. The molecule has 86 valence electrons. The zero-order valence-electron chi connectivity index (χ0n) is 8.78. The summed E-state index contributed by atoms with van der Waals surface area (Å²) in [5.74, 6) is -0.477. The Bertz CT molecular complexity index is 485. The van der Waals surface area contributed by atoms with E-state index in [0.29, 0.717) is 0 Å². The smallest absolute Gasteiger partial charge is 0.290 e. The van der Waals surface area contributed by atoms with Crippen LogP contribution in [0, 0.1) is 10.1 Å². The van der Waals surface area contributed by atoms with E-state index in [-0.39, 0.29) is 11.4 Å². The molecular weight excluding hydrogens is 222 g/mol. The Morgan fingerprint density at radius 2 is 1.35 bits per heavy atom. The summed E-state index contributed by atoms with van der Waals surface area (Å²) in [5, 5.41) is 30.9. The Morgan fingerprint density at radius 3 is 1.71 bits per heavy atom. The van der Waals surface area contributed by atoms with Crippen molar-refractivity contribution >= 4 is 5.69 Å². The van der Waals surface area contributed by atoms with Gasteiger partial charge in [0.15, 0.2) is 5.75 Å². The Hall–Kier alpha value is -2.56. The van der Waals surface area contributed by atoms with Crippen LogP contribution in [-0.4, -0.2) is 4.92 Å². The predicted octanol–water partition coefficient (Wildman–Crippen LogP) is 3.57. The Kier molecular flexibility index (Phi) is 4.50. The summed E-state index contributed by atoms with van der Waals surface area (Å²) in [5.41, 5.74) is -0.373. The van der Waals surface area contributed by atoms with Gasteiger partial charge in [0.1, 0.15) is 0 Å². The van der Waals surface area contributed by atoms with Crippen LogP contribution in [0.5, 0.6) is 11.5 Å². The van der Waals surface area contributed by atoms with Crippen LogP contribution in [0.1, 0.15) is 0 Å². The van der Waals surface area contributed by atoms with Crippen LogP contribution in [-0.2, 0) is 10.2 Å². The maximum absolute atomic E-state index is 10.6. The van der Waals surface area contributed by atoms with Crippen LogP contribution in [0.3, 0.4) is 0 Å². The standard InChI is InChI=1S/C6H4NO3.C6H5O/c8-6-4-2-1-3-5(6)7(9)10;7-6-4-2-1-3-5-6/h1-4H;1-5H. The van der Waals surface area contributed by atoms with Gasteiger partial charge in [0.05, 0.1) is 4.92 Å². The first kappa shape index (κ1) is 12.5. The lowest BCUT2D eigenvalue weighted by atomic mass is 10.3. The third-order valence-electron chi connectivity index (χ3n) is 1.81. The molecule has 0 atom stereocenters. The molecule has 0 aliphatic rings. The highest BCUT2D eigenvalue weighted by molar-refractivity contribution is 5.43. The van der Waals surface area contributed by atoms with Crippen molar-refractivity contribution in [3.63, 3.8) is 0 Å². The van der Waals surface area contributed by atoms with Gasteiger partial charge < -0.3 is 0 Å². The average molecular weight is 231 g/mol. The van der Waals surface area contributed by atoms with Crippen LogP contribution in [0.25, 0.3) is 0 Å². The van der Waals surface area contributed by atoms with Gasteiger partial charge in [-0.25, -0.2) is 0 Å². The average Bonchev–Trinajstić information content (AvgIpc) is 2.31. The van der Waals surface area contributed by atoms with Crippen LogP contribution in [0.2, 0.25) is 0 Å². The molecule has 2 rings (SSSR count). The second kappa shape index (κ2) is 6.12. The molecule has 5 heteroatoms. The van der Waals surface area contributed by atoms with E-state index >= 15 is 0 Å². The molecule has 0 saturated heterocycles. The molecular formula is C12H9NO4. The minimum absolute atomic E-state index is 0.0718. The fourth-order valence-corrected chi connectivity index (χ4v) is 1.03. The van der Waals surface area contributed by atoms with E-state index in [9.17, 15) is 20.3 Å². The van der Waals surface area contributed by atoms with Gasteiger partial charge in [-0.15, -0.1) is 0 Å². The van der Waals surface area contributed by atoms with Crippen molar-refractivity contribution in [1.82, 2.24) is 0 Å². The number of hydrogen-bond acceptors (Lipinski definition) is 2. The number of nitro groups is 1. The fraction of sp³-hybridized carbons (Fsp3) is 0. The van der Waals surface area contributed by atoms with Crippen molar-refractivity contribution in [2.45, 2.75) is 0 Å². The molecule has 2 aromatic rings. The van der Waals surface area contributed by atoms with Gasteiger partial charge in [0.2, 0.25) is 0 Å². The largest absolute Gasteiger partial charge is 0.316 e. The molecule has 0 aromatic heterocycles. The first-order valence-electron chi connectivity index (χ1n) is 4.74. The molecule has 0 aliphatic heterocycles. The highest BCUT2D eigenvalue weighted by Gasteiger charge is 2.11. The van der Waals surface area contributed by atoms with Crippen LogP contribution in [0.4, 0.5) is 5.69 Å². The van der Waals surface area contributed by atoms with E-state index in [0.717, 1.165) is 6.07 Å². The van der Waals surface area contributed by atoms with Gasteiger partial charge in [-0.05, 0) is 18.2 Å². The highest BCUT2D eigenvalue weighted by Crippen LogP contribution is 2.23. The number of hydrogen-bond donors (Lipinski definition) is 0. The van der Waals surface area contributed by atoms with E-state index in [1.807, 2.05) is 6.07 Å². The monoisotopic (exact) mass is 231 g/mol. The lowest BCUT2D eigenvalue weighted by molar-refractivity contribution is -0.386. The van der Waals surface area contributed by atoms with E-state index in [4.69, 9.17) is 0 Å². The lowest BCUT2D eigenvalue weighted by Crippen LogP contribution is -1.86. The first-order valence-corrected chi connectivity index (χ1v) is 4.74. The van der Waals surface area contributed by atoms with E-state index < -0.39 is 10.7 Å². The summed E-state index contributed by atoms with van der Waals surface area (Å²) in [6, 6.07) is 13.6. The molecule has 0 unspecified atom stereocenters. The minimum Gasteiger partial charge on any atom is -0.290 e. The van der Waals surface area contributed by atoms with E-state index in [1.54, 1.807) is 12.1 Å². The van der Waals surface area contributed by atoms with E-state index in [2.05, 4.69) is 0 Å². The molecule has 17 heavy (non-hydrogen) atoms. The topological polar surface area (TPSA) is 82.9 Å². The molecule has 0 N–H and O–H groups in total. The zero-order chi connectivity index (χ0) is 12.7.